The maximum atomic E-state index is 12.4. The molecule has 34 heavy (non-hydrogen) atoms. The highest BCUT2D eigenvalue weighted by atomic mass is 32.1. The van der Waals surface area contributed by atoms with Crippen molar-refractivity contribution < 1.29 is 19.1 Å². The highest BCUT2D eigenvalue weighted by Crippen LogP contribution is 2.25. The average Bonchev–Trinajstić information content (AvgIpc) is 2.87. The van der Waals surface area contributed by atoms with Crippen LogP contribution in [0, 0.1) is 5.92 Å². The van der Waals surface area contributed by atoms with Gasteiger partial charge in [-0.05, 0) is 80.0 Å². The first kappa shape index (κ1) is 25.2. The van der Waals surface area contributed by atoms with Crippen molar-refractivity contribution in [1.29, 1.82) is 0 Å². The summed E-state index contributed by atoms with van der Waals surface area (Å²) in [4.78, 5) is 37.0. The van der Waals surface area contributed by atoms with Crippen molar-refractivity contribution in [3.05, 3.63) is 59.7 Å². The molecule has 2 aromatic carbocycles. The number of hydrogen-bond acceptors (Lipinski definition) is 5. The van der Waals surface area contributed by atoms with Crippen LogP contribution in [0.2, 0.25) is 0 Å². The smallest absolute Gasteiger partial charge is 0.269 e. The number of nitrogens with one attached hydrogen (secondary N) is 4. The van der Waals surface area contributed by atoms with Gasteiger partial charge < -0.3 is 10.1 Å². The van der Waals surface area contributed by atoms with Crippen molar-refractivity contribution in [1.82, 2.24) is 16.2 Å². The Kier molecular flexibility index (Phi) is 9.40. The maximum Gasteiger partial charge on any atom is 0.269 e. The van der Waals surface area contributed by atoms with Crippen LogP contribution in [0.4, 0.5) is 5.69 Å². The second-order valence-corrected chi connectivity index (χ2v) is 8.54. The van der Waals surface area contributed by atoms with Crippen molar-refractivity contribution in [3.8, 4) is 5.75 Å². The summed E-state index contributed by atoms with van der Waals surface area (Å²) in [5.41, 5.74) is 6.39. The summed E-state index contributed by atoms with van der Waals surface area (Å²) in [7, 11) is 0. The summed E-state index contributed by atoms with van der Waals surface area (Å²) >= 11 is 5.08. The average molecular weight is 483 g/mol. The Morgan fingerprint density at radius 2 is 1.50 bits per heavy atom. The largest absolute Gasteiger partial charge is 0.494 e. The topological polar surface area (TPSA) is 109 Å². The molecule has 0 saturated heterocycles. The van der Waals surface area contributed by atoms with Gasteiger partial charge >= 0.3 is 0 Å². The van der Waals surface area contributed by atoms with Crippen LogP contribution in [-0.2, 0) is 4.79 Å². The molecule has 0 bridgehead atoms. The molecule has 0 radical (unpaired) electrons. The molecule has 2 aromatic rings. The third-order valence-corrected chi connectivity index (χ3v) is 5.70. The Labute approximate surface area is 204 Å². The highest BCUT2D eigenvalue weighted by Gasteiger charge is 2.21. The van der Waals surface area contributed by atoms with Crippen LogP contribution >= 0.6 is 12.2 Å². The zero-order valence-electron chi connectivity index (χ0n) is 19.2. The number of benzene rings is 2. The number of thiocarbonyl (C=S) groups is 1. The standard InChI is InChI=1S/C25H30N4O4S/c1-2-16-33-21-14-10-18(11-15-21)23(31)27-25(34)29-28-24(32)19-8-12-20(13-9-19)26-22(30)17-6-4-3-5-7-17/h8-15,17H,2-7,16H2,1H3,(H,26,30)(H,28,32)(H2,27,29,31,34). The quantitative estimate of drug-likeness (QED) is 0.352. The molecular formula is C25H30N4O4S. The first-order chi connectivity index (χ1) is 16.5. The third kappa shape index (κ3) is 7.55. The number of carbonyl (C=O) groups excluding carboxylic acids is 3. The maximum absolute atomic E-state index is 12.4. The molecule has 1 aliphatic rings. The van der Waals surface area contributed by atoms with Gasteiger partial charge in [0.1, 0.15) is 5.75 Å². The number of rotatable bonds is 7. The number of amides is 3. The van der Waals surface area contributed by atoms with Crippen LogP contribution < -0.4 is 26.2 Å². The van der Waals surface area contributed by atoms with Gasteiger partial charge in [-0.1, -0.05) is 26.2 Å². The van der Waals surface area contributed by atoms with Gasteiger partial charge in [0, 0.05) is 22.7 Å². The molecule has 1 fully saturated rings. The molecule has 1 saturated carbocycles. The molecule has 180 valence electrons. The van der Waals surface area contributed by atoms with E-state index in [1.807, 2.05) is 6.92 Å². The summed E-state index contributed by atoms with van der Waals surface area (Å²) < 4.78 is 5.49. The third-order valence-electron chi connectivity index (χ3n) is 5.50. The lowest BCUT2D eigenvalue weighted by Crippen LogP contribution is -2.48. The molecule has 1 aliphatic carbocycles. The van der Waals surface area contributed by atoms with Crippen LogP contribution in [-0.4, -0.2) is 29.4 Å². The van der Waals surface area contributed by atoms with Crippen molar-refractivity contribution >= 4 is 40.7 Å². The summed E-state index contributed by atoms with van der Waals surface area (Å²) in [5.74, 6) is -0.0655. The minimum Gasteiger partial charge on any atom is -0.494 e. The van der Waals surface area contributed by atoms with Crippen LogP contribution in [0.3, 0.4) is 0 Å². The van der Waals surface area contributed by atoms with E-state index in [1.54, 1.807) is 48.5 Å². The van der Waals surface area contributed by atoms with Crippen molar-refractivity contribution in [2.75, 3.05) is 11.9 Å². The first-order valence-electron chi connectivity index (χ1n) is 11.5. The van der Waals surface area contributed by atoms with Crippen LogP contribution in [0.15, 0.2) is 48.5 Å². The van der Waals surface area contributed by atoms with E-state index in [9.17, 15) is 14.4 Å². The number of hydrogen-bond donors (Lipinski definition) is 4. The summed E-state index contributed by atoms with van der Waals surface area (Å²) in [6, 6.07) is 13.3. The number of carbonyl (C=O) groups is 3. The second kappa shape index (κ2) is 12.7. The summed E-state index contributed by atoms with van der Waals surface area (Å²) in [5, 5.41) is 5.38. The van der Waals surface area contributed by atoms with Gasteiger partial charge in [-0.3, -0.25) is 30.6 Å². The van der Waals surface area contributed by atoms with E-state index in [1.165, 1.54) is 6.42 Å². The van der Waals surface area contributed by atoms with Crippen LogP contribution in [0.5, 0.6) is 5.75 Å². The fourth-order valence-corrected chi connectivity index (χ4v) is 3.77. The second-order valence-electron chi connectivity index (χ2n) is 8.14. The molecule has 3 rings (SSSR count). The highest BCUT2D eigenvalue weighted by molar-refractivity contribution is 7.80. The van der Waals surface area contributed by atoms with E-state index in [-0.39, 0.29) is 16.9 Å². The zero-order valence-corrected chi connectivity index (χ0v) is 20.0. The van der Waals surface area contributed by atoms with Gasteiger partial charge in [0.2, 0.25) is 5.91 Å². The van der Waals surface area contributed by atoms with Gasteiger partial charge in [-0.25, -0.2) is 0 Å². The molecule has 9 heteroatoms. The Balaban J connectivity index is 1.43. The lowest BCUT2D eigenvalue weighted by Gasteiger charge is -2.20. The molecular weight excluding hydrogens is 452 g/mol. The van der Waals surface area contributed by atoms with Crippen molar-refractivity contribution in [3.63, 3.8) is 0 Å². The van der Waals surface area contributed by atoms with E-state index >= 15 is 0 Å². The Hall–Kier alpha value is -3.46. The number of anilines is 1. The van der Waals surface area contributed by atoms with Gasteiger partial charge in [0.15, 0.2) is 5.11 Å². The fraction of sp³-hybridized carbons (Fsp3) is 0.360. The molecule has 0 spiro atoms. The molecule has 0 unspecified atom stereocenters. The SMILES string of the molecule is CCCOc1ccc(C(=O)NC(=S)NNC(=O)c2ccc(NC(=O)C3CCCCC3)cc2)cc1. The van der Waals surface area contributed by atoms with E-state index in [0.29, 0.717) is 29.2 Å². The fourth-order valence-electron chi connectivity index (χ4n) is 3.63. The van der Waals surface area contributed by atoms with E-state index < -0.39 is 11.8 Å². The van der Waals surface area contributed by atoms with Crippen LogP contribution in [0.25, 0.3) is 0 Å². The number of ether oxygens (including phenoxy) is 1. The summed E-state index contributed by atoms with van der Waals surface area (Å²) in [6.07, 6.45) is 6.12. The van der Waals surface area contributed by atoms with Crippen molar-refractivity contribution in [2.45, 2.75) is 45.4 Å². The van der Waals surface area contributed by atoms with E-state index in [0.717, 1.165) is 32.1 Å². The zero-order chi connectivity index (χ0) is 24.3. The molecule has 3 amide bonds. The molecule has 8 nitrogen and oxygen atoms in total. The summed E-state index contributed by atoms with van der Waals surface area (Å²) in [6.45, 7) is 2.62. The van der Waals surface area contributed by atoms with Gasteiger partial charge in [0.05, 0.1) is 6.61 Å². The predicted molar refractivity (Wildman–Crippen MR) is 135 cm³/mol. The Bertz CT molecular complexity index is 1000. The van der Waals surface area contributed by atoms with Crippen LogP contribution in [0.1, 0.15) is 66.2 Å². The minimum atomic E-state index is -0.431. The Morgan fingerprint density at radius 3 is 2.15 bits per heavy atom. The number of hydrazine groups is 1. The lowest BCUT2D eigenvalue weighted by atomic mass is 9.88. The predicted octanol–water partition coefficient (Wildman–Crippen LogP) is 3.94. The minimum absolute atomic E-state index is 0.0304. The van der Waals surface area contributed by atoms with Crippen molar-refractivity contribution in [2.24, 2.45) is 5.92 Å². The monoisotopic (exact) mass is 482 g/mol. The molecule has 0 atom stereocenters. The molecule has 0 aliphatic heterocycles. The Morgan fingerprint density at radius 1 is 0.882 bits per heavy atom. The van der Waals surface area contributed by atoms with Gasteiger partial charge in [0.25, 0.3) is 11.8 Å². The van der Waals surface area contributed by atoms with E-state index in [4.69, 9.17) is 17.0 Å². The van der Waals surface area contributed by atoms with Gasteiger partial charge in [-0.2, -0.15) is 0 Å². The lowest BCUT2D eigenvalue weighted by molar-refractivity contribution is -0.120. The normalized spacial score (nSPS) is 13.4. The molecule has 0 heterocycles. The van der Waals surface area contributed by atoms with E-state index in [2.05, 4.69) is 21.5 Å². The first-order valence-corrected chi connectivity index (χ1v) is 11.9. The van der Waals surface area contributed by atoms with Gasteiger partial charge in [-0.15, -0.1) is 0 Å². The molecule has 0 aromatic heterocycles. The molecule has 4 N–H and O–H groups in total.